The van der Waals surface area contributed by atoms with Gasteiger partial charge in [0.2, 0.25) is 0 Å². The molecule has 1 atom stereocenters. The highest BCUT2D eigenvalue weighted by atomic mass is 32.1. The Hall–Kier alpha value is -2.18. The molecule has 1 aliphatic rings. The van der Waals surface area contributed by atoms with Gasteiger partial charge in [-0.15, -0.1) is 11.3 Å². The van der Waals surface area contributed by atoms with E-state index in [0.717, 1.165) is 17.4 Å². The van der Waals surface area contributed by atoms with E-state index in [1.165, 1.54) is 16.9 Å². The van der Waals surface area contributed by atoms with Gasteiger partial charge in [-0.3, -0.25) is 4.79 Å². The third-order valence-electron chi connectivity index (χ3n) is 4.37. The Kier molecular flexibility index (Phi) is 4.32. The number of fused-ring (bicyclic) bond motifs is 1. The zero-order valence-corrected chi connectivity index (χ0v) is 14.0. The Morgan fingerprint density at radius 1 is 1.38 bits per heavy atom. The normalized spacial score (nSPS) is 18.7. The molecule has 0 saturated carbocycles. The second kappa shape index (κ2) is 6.75. The van der Waals surface area contributed by atoms with E-state index in [9.17, 15) is 4.79 Å². The van der Waals surface area contributed by atoms with Crippen LogP contribution in [-0.2, 0) is 11.2 Å². The average molecular weight is 342 g/mol. The zero-order chi connectivity index (χ0) is 16.4. The van der Waals surface area contributed by atoms with Crippen LogP contribution in [0.15, 0.2) is 45.8 Å². The Labute approximate surface area is 143 Å². The molecule has 1 amide bonds. The number of amides is 1. The van der Waals surface area contributed by atoms with Crippen molar-refractivity contribution in [3.05, 3.63) is 52.7 Å². The number of carbonyl (C=O) groups excluding carboxylic acids is 1. The van der Waals surface area contributed by atoms with Crippen LogP contribution in [0.25, 0.3) is 11.0 Å². The smallest absolute Gasteiger partial charge is 0.273 e. The number of hydrogen-bond acceptors (Lipinski definition) is 5. The SMILES string of the molecule is O=C(c1cscn1)N1CCOC[C@@H](Cc2cccc3occc23)C1. The second-order valence-electron chi connectivity index (χ2n) is 6.02. The monoisotopic (exact) mass is 342 g/mol. The second-order valence-corrected chi connectivity index (χ2v) is 6.74. The quantitative estimate of drug-likeness (QED) is 0.733. The third-order valence-corrected chi connectivity index (χ3v) is 4.96. The summed E-state index contributed by atoms with van der Waals surface area (Å²) < 4.78 is 11.2. The van der Waals surface area contributed by atoms with Gasteiger partial charge in [0.15, 0.2) is 0 Å². The van der Waals surface area contributed by atoms with E-state index in [2.05, 4.69) is 11.1 Å². The van der Waals surface area contributed by atoms with Crippen molar-refractivity contribution in [2.24, 2.45) is 5.92 Å². The lowest BCUT2D eigenvalue weighted by molar-refractivity contribution is 0.0732. The molecule has 0 radical (unpaired) electrons. The number of ether oxygens (including phenoxy) is 1. The van der Waals surface area contributed by atoms with Crippen LogP contribution >= 0.6 is 11.3 Å². The van der Waals surface area contributed by atoms with Crippen LogP contribution in [0.1, 0.15) is 16.1 Å². The first-order chi connectivity index (χ1) is 11.8. The number of furan rings is 1. The van der Waals surface area contributed by atoms with Crippen LogP contribution in [0, 0.1) is 5.92 Å². The number of rotatable bonds is 3. The first-order valence-corrected chi connectivity index (χ1v) is 8.96. The standard InChI is InChI=1S/C18H18N2O3S/c21-18(16-11-24-12-19-16)20-5-7-22-10-13(9-20)8-14-2-1-3-17-15(14)4-6-23-17/h1-4,6,11-13H,5,7-10H2/t13-/m0/s1. The molecule has 0 spiro atoms. The molecule has 0 N–H and O–H groups in total. The molecule has 124 valence electrons. The van der Waals surface area contributed by atoms with Crippen molar-refractivity contribution in [1.82, 2.24) is 9.88 Å². The van der Waals surface area contributed by atoms with Gasteiger partial charge in [-0.2, -0.15) is 0 Å². The molecule has 1 saturated heterocycles. The molecule has 1 aliphatic heterocycles. The predicted molar refractivity (Wildman–Crippen MR) is 92.2 cm³/mol. The lowest BCUT2D eigenvalue weighted by atomic mass is 9.97. The highest BCUT2D eigenvalue weighted by Gasteiger charge is 2.25. The van der Waals surface area contributed by atoms with Crippen LogP contribution in [0.2, 0.25) is 0 Å². The summed E-state index contributed by atoms with van der Waals surface area (Å²) in [5, 5.41) is 2.94. The van der Waals surface area contributed by atoms with Crippen LogP contribution in [0.4, 0.5) is 0 Å². The maximum atomic E-state index is 12.6. The number of nitrogens with zero attached hydrogens (tertiary/aromatic N) is 2. The van der Waals surface area contributed by atoms with Gasteiger partial charge in [0, 0.05) is 29.8 Å². The topological polar surface area (TPSA) is 55.6 Å². The molecule has 6 heteroatoms. The van der Waals surface area contributed by atoms with E-state index in [-0.39, 0.29) is 11.8 Å². The minimum absolute atomic E-state index is 0.00623. The fourth-order valence-corrected chi connectivity index (χ4v) is 3.74. The number of aromatic nitrogens is 1. The summed E-state index contributed by atoms with van der Waals surface area (Å²) in [7, 11) is 0. The van der Waals surface area contributed by atoms with Crippen molar-refractivity contribution in [3.63, 3.8) is 0 Å². The summed E-state index contributed by atoms with van der Waals surface area (Å²) in [6, 6.07) is 8.10. The van der Waals surface area contributed by atoms with Crippen molar-refractivity contribution in [3.8, 4) is 0 Å². The number of thiazole rings is 1. The van der Waals surface area contributed by atoms with Gasteiger partial charge in [0.05, 0.1) is 25.0 Å². The molecule has 3 heterocycles. The minimum Gasteiger partial charge on any atom is -0.464 e. The van der Waals surface area contributed by atoms with Crippen molar-refractivity contribution >= 4 is 28.2 Å². The average Bonchev–Trinajstić information content (AvgIpc) is 3.24. The highest BCUT2D eigenvalue weighted by Crippen LogP contribution is 2.24. The van der Waals surface area contributed by atoms with Gasteiger partial charge in [-0.05, 0) is 24.1 Å². The van der Waals surface area contributed by atoms with E-state index >= 15 is 0 Å². The summed E-state index contributed by atoms with van der Waals surface area (Å²) in [6.07, 6.45) is 2.58. The summed E-state index contributed by atoms with van der Waals surface area (Å²) in [5.74, 6) is 0.254. The zero-order valence-electron chi connectivity index (χ0n) is 13.2. The lowest BCUT2D eigenvalue weighted by Crippen LogP contribution is -2.36. The van der Waals surface area contributed by atoms with Crippen LogP contribution in [-0.4, -0.2) is 42.1 Å². The molecule has 4 rings (SSSR count). The van der Waals surface area contributed by atoms with Gasteiger partial charge in [0.1, 0.15) is 11.3 Å². The van der Waals surface area contributed by atoms with E-state index < -0.39 is 0 Å². The number of carbonyl (C=O) groups is 1. The Bertz CT molecular complexity index is 828. The van der Waals surface area contributed by atoms with Crippen molar-refractivity contribution in [2.75, 3.05) is 26.3 Å². The number of hydrogen-bond donors (Lipinski definition) is 0. The fraction of sp³-hybridized carbons (Fsp3) is 0.333. The Morgan fingerprint density at radius 2 is 2.33 bits per heavy atom. The molecular weight excluding hydrogens is 324 g/mol. The lowest BCUT2D eigenvalue weighted by Gasteiger charge is -2.23. The molecule has 0 bridgehead atoms. The largest absolute Gasteiger partial charge is 0.464 e. The summed E-state index contributed by atoms with van der Waals surface area (Å²) in [4.78, 5) is 18.6. The van der Waals surface area contributed by atoms with E-state index in [4.69, 9.17) is 9.15 Å². The summed E-state index contributed by atoms with van der Waals surface area (Å²) >= 11 is 1.44. The van der Waals surface area contributed by atoms with E-state index in [0.29, 0.717) is 32.0 Å². The fourth-order valence-electron chi connectivity index (χ4n) is 3.21. The Balaban J connectivity index is 1.52. The van der Waals surface area contributed by atoms with Crippen molar-refractivity contribution < 1.29 is 13.9 Å². The van der Waals surface area contributed by atoms with Gasteiger partial charge < -0.3 is 14.1 Å². The van der Waals surface area contributed by atoms with Crippen molar-refractivity contribution in [1.29, 1.82) is 0 Å². The molecule has 3 aromatic rings. The van der Waals surface area contributed by atoms with Gasteiger partial charge in [0.25, 0.3) is 5.91 Å². The van der Waals surface area contributed by atoms with E-state index in [1.54, 1.807) is 17.2 Å². The van der Waals surface area contributed by atoms with Gasteiger partial charge >= 0.3 is 0 Å². The molecule has 0 aliphatic carbocycles. The summed E-state index contributed by atoms with van der Waals surface area (Å²) in [6.45, 7) is 2.53. The molecular formula is C18H18N2O3S. The maximum absolute atomic E-state index is 12.6. The van der Waals surface area contributed by atoms with E-state index in [1.807, 2.05) is 23.1 Å². The van der Waals surface area contributed by atoms with Crippen LogP contribution in [0.3, 0.4) is 0 Å². The van der Waals surface area contributed by atoms with Crippen LogP contribution in [0.5, 0.6) is 0 Å². The number of benzene rings is 1. The third kappa shape index (κ3) is 3.07. The molecule has 5 nitrogen and oxygen atoms in total. The molecule has 24 heavy (non-hydrogen) atoms. The first kappa shape index (κ1) is 15.4. The maximum Gasteiger partial charge on any atom is 0.273 e. The van der Waals surface area contributed by atoms with Gasteiger partial charge in [-0.1, -0.05) is 12.1 Å². The van der Waals surface area contributed by atoms with Crippen molar-refractivity contribution in [2.45, 2.75) is 6.42 Å². The first-order valence-electron chi connectivity index (χ1n) is 8.01. The Morgan fingerprint density at radius 3 is 3.21 bits per heavy atom. The molecule has 1 fully saturated rings. The summed E-state index contributed by atoms with van der Waals surface area (Å²) in [5.41, 5.74) is 4.35. The van der Waals surface area contributed by atoms with Gasteiger partial charge in [-0.25, -0.2) is 4.98 Å². The molecule has 1 aromatic carbocycles. The molecule has 0 unspecified atom stereocenters. The predicted octanol–water partition coefficient (Wildman–Crippen LogP) is 3.22. The highest BCUT2D eigenvalue weighted by molar-refractivity contribution is 7.07. The minimum atomic E-state index is -0.00623. The van der Waals surface area contributed by atoms with Crippen LogP contribution < -0.4 is 0 Å². The molecule has 2 aromatic heterocycles.